The Bertz CT molecular complexity index is 1440. The highest BCUT2D eigenvalue weighted by Crippen LogP contribution is 2.29. The summed E-state index contributed by atoms with van der Waals surface area (Å²) in [5.74, 6) is 0. The number of halogens is 1. The molecule has 1 saturated heterocycles. The molecule has 1 aliphatic rings. The molecule has 8 heteroatoms. The first-order valence-corrected chi connectivity index (χ1v) is 14.6. The van der Waals surface area contributed by atoms with Crippen LogP contribution in [0.25, 0.3) is 0 Å². The van der Waals surface area contributed by atoms with Crippen LogP contribution < -0.4 is 4.31 Å². The summed E-state index contributed by atoms with van der Waals surface area (Å²) in [6.07, 6.45) is 5.52. The quantitative estimate of drug-likeness (QED) is 0.184. The lowest BCUT2D eigenvalue weighted by Crippen LogP contribution is -2.34. The summed E-state index contributed by atoms with van der Waals surface area (Å²) < 4.78 is 34.5. The number of cyclic esters (lactones) is 1. The fraction of sp³-hybridized carbons (Fsp3) is 0.167. The van der Waals surface area contributed by atoms with Crippen molar-refractivity contribution in [2.75, 3.05) is 17.5 Å². The smallest absolute Gasteiger partial charge is 0.414 e. The maximum Gasteiger partial charge on any atom is 0.414 e. The molecule has 3 aromatic carbocycles. The van der Waals surface area contributed by atoms with Gasteiger partial charge in [0, 0.05) is 3.58 Å². The highest BCUT2D eigenvalue weighted by atomic mass is 127. The fourth-order valence-corrected chi connectivity index (χ4v) is 6.04. The Hall–Kier alpha value is -3.37. The minimum atomic E-state index is -3.80. The topological polar surface area (TPSA) is 66.9 Å². The first-order valence-electron chi connectivity index (χ1n) is 12.1. The SMILES string of the molecule is C=C(I)/C(=C\C=C\CN(c1ccccc1)S(=O)(=O)c1ccc(C)cc1)N1C(=O)OC[C@H]1Cc1ccccc1. The molecule has 0 aromatic heterocycles. The molecule has 0 radical (unpaired) electrons. The van der Waals surface area contributed by atoms with Crippen molar-refractivity contribution in [2.24, 2.45) is 0 Å². The lowest BCUT2D eigenvalue weighted by atomic mass is 10.1. The Morgan fingerprint density at radius 3 is 2.32 bits per heavy atom. The van der Waals surface area contributed by atoms with Crippen molar-refractivity contribution >= 4 is 44.4 Å². The van der Waals surface area contributed by atoms with E-state index in [2.05, 4.69) is 29.2 Å². The highest BCUT2D eigenvalue weighted by Gasteiger charge is 2.36. The van der Waals surface area contributed by atoms with Gasteiger partial charge in [-0.15, -0.1) is 0 Å². The van der Waals surface area contributed by atoms with Crippen LogP contribution in [0.15, 0.2) is 124 Å². The molecule has 0 spiro atoms. The van der Waals surface area contributed by atoms with Crippen molar-refractivity contribution in [3.05, 3.63) is 130 Å². The van der Waals surface area contributed by atoms with Crippen LogP contribution in [0.2, 0.25) is 0 Å². The zero-order chi connectivity index (χ0) is 27.1. The van der Waals surface area contributed by atoms with Crippen LogP contribution in [0.4, 0.5) is 10.5 Å². The number of hydrogen-bond donors (Lipinski definition) is 0. The van der Waals surface area contributed by atoms with Crippen molar-refractivity contribution in [1.29, 1.82) is 0 Å². The van der Waals surface area contributed by atoms with Gasteiger partial charge in [0.1, 0.15) is 6.61 Å². The average Bonchev–Trinajstić information content (AvgIpc) is 3.26. The minimum Gasteiger partial charge on any atom is -0.447 e. The molecule has 1 heterocycles. The van der Waals surface area contributed by atoms with Crippen LogP contribution in [0, 0.1) is 6.92 Å². The third-order valence-corrected chi connectivity index (χ3v) is 8.49. The van der Waals surface area contributed by atoms with Crippen LogP contribution in [0.1, 0.15) is 11.1 Å². The maximum absolute atomic E-state index is 13.5. The molecule has 1 atom stereocenters. The van der Waals surface area contributed by atoms with E-state index in [1.165, 1.54) is 4.31 Å². The van der Waals surface area contributed by atoms with Gasteiger partial charge in [-0.1, -0.05) is 85.0 Å². The molecule has 0 aliphatic carbocycles. The molecular weight excluding hydrogens is 611 g/mol. The Kier molecular flexibility index (Phi) is 9.06. The molecule has 6 nitrogen and oxygen atoms in total. The largest absolute Gasteiger partial charge is 0.447 e. The van der Waals surface area contributed by atoms with Crippen molar-refractivity contribution in [3.8, 4) is 0 Å². The standard InChI is InChI=1S/C30H29IN2O4S/c1-23-16-18-28(19-17-23)38(35,36)32(26-13-7-4-8-14-26)20-10-9-15-29(24(2)31)33-27(22-37-30(33)34)21-25-11-5-3-6-12-25/h3-19,27H,2,20-22H2,1H3/b10-9+,29-15+/t27-/m1/s1. The van der Waals surface area contributed by atoms with Gasteiger partial charge in [-0.3, -0.25) is 9.21 Å². The van der Waals surface area contributed by atoms with E-state index in [0.29, 0.717) is 21.4 Å². The molecule has 4 rings (SSSR count). The molecule has 38 heavy (non-hydrogen) atoms. The molecule has 1 fully saturated rings. The van der Waals surface area contributed by atoms with Crippen LogP contribution in [-0.2, 0) is 21.2 Å². The zero-order valence-corrected chi connectivity index (χ0v) is 24.0. The van der Waals surface area contributed by atoms with Gasteiger partial charge in [-0.05, 0) is 71.8 Å². The third kappa shape index (κ3) is 6.54. The van der Waals surface area contributed by atoms with E-state index < -0.39 is 16.1 Å². The number of benzene rings is 3. The van der Waals surface area contributed by atoms with Gasteiger partial charge in [0.25, 0.3) is 10.0 Å². The molecule has 0 bridgehead atoms. The van der Waals surface area contributed by atoms with Gasteiger partial charge in [0.05, 0.1) is 28.9 Å². The number of hydrogen-bond acceptors (Lipinski definition) is 4. The second-order valence-corrected chi connectivity index (χ2v) is 12.0. The summed E-state index contributed by atoms with van der Waals surface area (Å²) in [5.41, 5.74) is 3.27. The molecule has 196 valence electrons. The Morgan fingerprint density at radius 2 is 1.68 bits per heavy atom. The van der Waals surface area contributed by atoms with E-state index in [1.54, 1.807) is 71.7 Å². The van der Waals surface area contributed by atoms with Crippen molar-refractivity contribution in [1.82, 2.24) is 4.90 Å². The maximum atomic E-state index is 13.5. The number of carbonyl (C=O) groups excluding carboxylic acids is 1. The van der Waals surface area contributed by atoms with Gasteiger partial charge >= 0.3 is 6.09 Å². The van der Waals surface area contributed by atoms with E-state index >= 15 is 0 Å². The predicted octanol–water partition coefficient (Wildman–Crippen LogP) is 6.64. The number of aryl methyl sites for hydroxylation is 1. The predicted molar refractivity (Wildman–Crippen MR) is 160 cm³/mol. The van der Waals surface area contributed by atoms with Gasteiger partial charge in [0.15, 0.2) is 0 Å². The molecular formula is C30H29IN2O4S. The second-order valence-electron chi connectivity index (χ2n) is 8.86. The molecule has 0 N–H and O–H groups in total. The van der Waals surface area contributed by atoms with E-state index in [1.807, 2.05) is 43.3 Å². The van der Waals surface area contributed by atoms with Gasteiger partial charge < -0.3 is 4.74 Å². The average molecular weight is 641 g/mol. The zero-order valence-electron chi connectivity index (χ0n) is 21.0. The Balaban J connectivity index is 1.59. The summed E-state index contributed by atoms with van der Waals surface area (Å²) in [6.45, 7) is 6.36. The van der Waals surface area contributed by atoms with Crippen LogP contribution in [0.3, 0.4) is 0 Å². The number of allylic oxidation sites excluding steroid dienone is 3. The van der Waals surface area contributed by atoms with Crippen LogP contribution in [0.5, 0.6) is 0 Å². The fourth-order valence-electron chi connectivity index (χ4n) is 4.18. The van der Waals surface area contributed by atoms with Crippen molar-refractivity contribution in [3.63, 3.8) is 0 Å². The van der Waals surface area contributed by atoms with E-state index in [-0.39, 0.29) is 24.1 Å². The number of carbonyl (C=O) groups is 1. The number of rotatable bonds is 10. The number of nitrogens with zero attached hydrogens (tertiary/aromatic N) is 2. The molecule has 1 amide bonds. The molecule has 3 aromatic rings. The summed E-state index contributed by atoms with van der Waals surface area (Å²) in [6, 6.07) is 25.6. The summed E-state index contributed by atoms with van der Waals surface area (Å²) >= 11 is 2.09. The normalized spacial score (nSPS) is 16.1. The van der Waals surface area contributed by atoms with E-state index in [4.69, 9.17) is 4.74 Å². The van der Waals surface area contributed by atoms with Gasteiger partial charge in [-0.25, -0.2) is 13.2 Å². The van der Waals surface area contributed by atoms with Crippen LogP contribution in [-0.4, -0.2) is 38.6 Å². The second kappa shape index (κ2) is 12.4. The molecule has 1 aliphatic heterocycles. The lowest BCUT2D eigenvalue weighted by molar-refractivity contribution is 0.165. The number of amides is 1. The Labute approximate surface area is 238 Å². The summed E-state index contributed by atoms with van der Waals surface area (Å²) in [5, 5.41) is 0. The monoisotopic (exact) mass is 640 g/mol. The van der Waals surface area contributed by atoms with Crippen molar-refractivity contribution in [2.45, 2.75) is 24.3 Å². The summed E-state index contributed by atoms with van der Waals surface area (Å²) in [7, 11) is -3.80. The van der Waals surface area contributed by atoms with E-state index in [0.717, 1.165) is 11.1 Å². The van der Waals surface area contributed by atoms with Crippen molar-refractivity contribution < 1.29 is 17.9 Å². The number of sulfonamides is 1. The summed E-state index contributed by atoms with van der Waals surface area (Å²) in [4.78, 5) is 14.5. The number of anilines is 1. The Morgan fingerprint density at radius 1 is 1.05 bits per heavy atom. The highest BCUT2D eigenvalue weighted by molar-refractivity contribution is 14.1. The lowest BCUT2D eigenvalue weighted by Gasteiger charge is -2.24. The number of para-hydroxylation sites is 1. The number of ether oxygens (including phenoxy) is 1. The molecule has 0 saturated carbocycles. The van der Waals surface area contributed by atoms with Gasteiger partial charge in [0.2, 0.25) is 0 Å². The third-order valence-electron chi connectivity index (χ3n) is 6.13. The first-order chi connectivity index (χ1) is 18.3. The van der Waals surface area contributed by atoms with Gasteiger partial charge in [-0.2, -0.15) is 0 Å². The minimum absolute atomic E-state index is 0.107. The van der Waals surface area contributed by atoms with Crippen LogP contribution >= 0.6 is 22.6 Å². The van der Waals surface area contributed by atoms with E-state index in [9.17, 15) is 13.2 Å². The molecule has 0 unspecified atom stereocenters. The first kappa shape index (κ1) is 27.7.